The van der Waals surface area contributed by atoms with Gasteiger partial charge >= 0.3 is 5.69 Å². The van der Waals surface area contributed by atoms with Gasteiger partial charge in [-0.05, 0) is 24.7 Å². The topological polar surface area (TPSA) is 61.1 Å². The molecule has 1 heterocycles. The molecule has 2 N–H and O–H groups in total. The molecular formula is C11H15N3O2. The van der Waals surface area contributed by atoms with E-state index < -0.39 is 0 Å². The number of methoxy groups -OCH3 is 1. The number of nitrogens with one attached hydrogen (secondary N) is 2. The number of aromatic amines is 2. The molecule has 1 aromatic heterocycles. The van der Waals surface area contributed by atoms with Crippen LogP contribution < -0.4 is 5.69 Å². The third-order valence-corrected chi connectivity index (χ3v) is 2.38. The molecule has 0 aliphatic carbocycles. The first-order valence-corrected chi connectivity index (χ1v) is 5.07. The zero-order valence-corrected chi connectivity index (χ0v) is 9.41. The van der Waals surface area contributed by atoms with Gasteiger partial charge in [0.1, 0.15) is 0 Å². The van der Waals surface area contributed by atoms with Crippen molar-refractivity contribution in [2.75, 3.05) is 20.9 Å². The maximum Gasteiger partial charge on any atom is 0.323 e. The molecular weight excluding hydrogens is 206 g/mol. The number of imidazole rings is 1. The quantitative estimate of drug-likeness (QED) is 0.754. The fraction of sp³-hybridized carbons (Fsp3) is 0.364. The van der Waals surface area contributed by atoms with Crippen LogP contribution in [0.15, 0.2) is 23.0 Å². The van der Waals surface area contributed by atoms with Crippen LogP contribution in [0.5, 0.6) is 0 Å². The van der Waals surface area contributed by atoms with E-state index in [-0.39, 0.29) is 5.69 Å². The Morgan fingerprint density at radius 2 is 2.06 bits per heavy atom. The molecule has 0 aliphatic heterocycles. The Kier molecular flexibility index (Phi) is 3.07. The van der Waals surface area contributed by atoms with Gasteiger partial charge < -0.3 is 14.7 Å². The van der Waals surface area contributed by atoms with Gasteiger partial charge in [0.15, 0.2) is 0 Å². The molecule has 0 spiro atoms. The van der Waals surface area contributed by atoms with Gasteiger partial charge in [0.25, 0.3) is 0 Å². The minimum absolute atomic E-state index is 0.169. The van der Waals surface area contributed by atoms with Crippen LogP contribution in [0, 0.1) is 0 Å². The van der Waals surface area contributed by atoms with E-state index in [1.54, 1.807) is 7.11 Å². The second-order valence-corrected chi connectivity index (χ2v) is 3.89. The van der Waals surface area contributed by atoms with E-state index in [0.29, 0.717) is 6.73 Å². The van der Waals surface area contributed by atoms with Crippen LogP contribution in [0.25, 0.3) is 11.0 Å². The maximum absolute atomic E-state index is 11.1. The summed E-state index contributed by atoms with van der Waals surface area (Å²) in [6.07, 6.45) is 0. The molecule has 0 atom stereocenters. The lowest BCUT2D eigenvalue weighted by molar-refractivity contribution is 0.0772. The van der Waals surface area contributed by atoms with Crippen LogP contribution in [0.1, 0.15) is 5.56 Å². The lowest BCUT2D eigenvalue weighted by Gasteiger charge is -2.14. The van der Waals surface area contributed by atoms with Gasteiger partial charge in [-0.3, -0.25) is 4.90 Å². The molecule has 5 heteroatoms. The summed E-state index contributed by atoms with van der Waals surface area (Å²) >= 11 is 0. The highest BCUT2D eigenvalue weighted by Gasteiger charge is 2.02. The van der Waals surface area contributed by atoms with Crippen molar-refractivity contribution in [3.63, 3.8) is 0 Å². The smallest absolute Gasteiger partial charge is 0.323 e. The molecule has 0 saturated carbocycles. The van der Waals surface area contributed by atoms with E-state index in [1.807, 2.05) is 30.1 Å². The predicted octanol–water partition coefficient (Wildman–Crippen LogP) is 0.892. The second-order valence-electron chi connectivity index (χ2n) is 3.89. The Labute approximate surface area is 93.0 Å². The average molecular weight is 221 g/mol. The third-order valence-electron chi connectivity index (χ3n) is 2.38. The van der Waals surface area contributed by atoms with Crippen molar-refractivity contribution in [2.45, 2.75) is 6.54 Å². The Bertz CT molecular complexity index is 529. The summed E-state index contributed by atoms with van der Waals surface area (Å²) in [7, 11) is 3.65. The summed E-state index contributed by atoms with van der Waals surface area (Å²) in [5, 5.41) is 0. The molecule has 0 amide bonds. The molecule has 2 rings (SSSR count). The largest absolute Gasteiger partial charge is 0.369 e. The van der Waals surface area contributed by atoms with Crippen LogP contribution in [0.2, 0.25) is 0 Å². The molecule has 1 aromatic carbocycles. The van der Waals surface area contributed by atoms with Crippen LogP contribution in [-0.2, 0) is 11.3 Å². The van der Waals surface area contributed by atoms with E-state index in [9.17, 15) is 4.79 Å². The number of benzene rings is 1. The summed E-state index contributed by atoms with van der Waals surface area (Å²) in [4.78, 5) is 18.6. The summed E-state index contributed by atoms with van der Waals surface area (Å²) in [5.41, 5.74) is 2.65. The summed E-state index contributed by atoms with van der Waals surface area (Å²) in [6.45, 7) is 1.37. The lowest BCUT2D eigenvalue weighted by Crippen LogP contribution is -2.20. The number of aromatic nitrogens is 2. The number of hydrogen-bond donors (Lipinski definition) is 2. The first kappa shape index (κ1) is 10.9. The van der Waals surface area contributed by atoms with E-state index in [1.165, 1.54) is 0 Å². The Balaban J connectivity index is 2.22. The molecule has 0 fully saturated rings. The summed E-state index contributed by atoms with van der Waals surface area (Å²) in [6, 6.07) is 5.88. The van der Waals surface area contributed by atoms with Crippen molar-refractivity contribution in [1.82, 2.24) is 14.9 Å². The fourth-order valence-corrected chi connectivity index (χ4v) is 1.76. The molecule has 0 saturated heterocycles. The van der Waals surface area contributed by atoms with Crippen LogP contribution >= 0.6 is 0 Å². The monoisotopic (exact) mass is 221 g/mol. The number of fused-ring (bicyclic) bond motifs is 1. The van der Waals surface area contributed by atoms with Crippen molar-refractivity contribution in [1.29, 1.82) is 0 Å². The van der Waals surface area contributed by atoms with Gasteiger partial charge in [-0.1, -0.05) is 6.07 Å². The summed E-state index contributed by atoms with van der Waals surface area (Å²) in [5.74, 6) is 0. The zero-order chi connectivity index (χ0) is 11.5. The number of rotatable bonds is 4. The van der Waals surface area contributed by atoms with E-state index in [0.717, 1.165) is 23.1 Å². The van der Waals surface area contributed by atoms with E-state index in [4.69, 9.17) is 4.74 Å². The van der Waals surface area contributed by atoms with Gasteiger partial charge in [0.2, 0.25) is 0 Å². The molecule has 0 radical (unpaired) electrons. The SMILES string of the molecule is COCN(C)Cc1ccc2[nH]c(=O)[nH]c2c1. The standard InChI is InChI=1S/C11H15N3O2/c1-14(7-16-2)6-8-3-4-9-10(5-8)13-11(15)12-9/h3-5H,6-7H2,1-2H3,(H2,12,13,15). The maximum atomic E-state index is 11.1. The van der Waals surface area contributed by atoms with E-state index in [2.05, 4.69) is 9.97 Å². The number of hydrogen-bond acceptors (Lipinski definition) is 3. The Morgan fingerprint density at radius 3 is 2.81 bits per heavy atom. The average Bonchev–Trinajstić information content (AvgIpc) is 2.57. The minimum atomic E-state index is -0.169. The first-order valence-electron chi connectivity index (χ1n) is 5.07. The van der Waals surface area contributed by atoms with Crippen LogP contribution in [0.3, 0.4) is 0 Å². The Hall–Kier alpha value is -1.59. The summed E-state index contributed by atoms with van der Waals surface area (Å²) < 4.78 is 5.03. The number of ether oxygens (including phenoxy) is 1. The molecule has 0 aliphatic rings. The van der Waals surface area contributed by atoms with Gasteiger partial charge in [0.05, 0.1) is 17.8 Å². The lowest BCUT2D eigenvalue weighted by atomic mass is 10.2. The highest BCUT2D eigenvalue weighted by Crippen LogP contribution is 2.11. The highest BCUT2D eigenvalue weighted by atomic mass is 16.5. The fourth-order valence-electron chi connectivity index (χ4n) is 1.76. The van der Waals surface area contributed by atoms with Gasteiger partial charge in [0, 0.05) is 13.7 Å². The minimum Gasteiger partial charge on any atom is -0.369 e. The van der Waals surface area contributed by atoms with Crippen molar-refractivity contribution >= 4 is 11.0 Å². The van der Waals surface area contributed by atoms with Gasteiger partial charge in [-0.15, -0.1) is 0 Å². The number of H-pyrrole nitrogens is 2. The molecule has 16 heavy (non-hydrogen) atoms. The van der Waals surface area contributed by atoms with Crippen molar-refractivity contribution < 1.29 is 4.74 Å². The van der Waals surface area contributed by atoms with Crippen LogP contribution in [0.4, 0.5) is 0 Å². The third kappa shape index (κ3) is 2.32. The van der Waals surface area contributed by atoms with Gasteiger partial charge in [-0.25, -0.2) is 4.79 Å². The second kappa shape index (κ2) is 4.51. The van der Waals surface area contributed by atoms with Crippen molar-refractivity contribution in [3.8, 4) is 0 Å². The normalized spacial score (nSPS) is 11.4. The number of nitrogens with zero attached hydrogens (tertiary/aromatic N) is 1. The van der Waals surface area contributed by atoms with Crippen molar-refractivity contribution in [2.24, 2.45) is 0 Å². The highest BCUT2D eigenvalue weighted by molar-refractivity contribution is 5.74. The molecule has 5 nitrogen and oxygen atoms in total. The van der Waals surface area contributed by atoms with Crippen LogP contribution in [-0.4, -0.2) is 35.8 Å². The van der Waals surface area contributed by atoms with Gasteiger partial charge in [-0.2, -0.15) is 0 Å². The van der Waals surface area contributed by atoms with Crippen molar-refractivity contribution in [3.05, 3.63) is 34.2 Å². The molecule has 2 aromatic rings. The molecule has 86 valence electrons. The zero-order valence-electron chi connectivity index (χ0n) is 9.41. The predicted molar refractivity (Wildman–Crippen MR) is 62.3 cm³/mol. The molecule has 0 unspecified atom stereocenters. The molecule has 0 bridgehead atoms. The van der Waals surface area contributed by atoms with E-state index >= 15 is 0 Å². The Morgan fingerprint density at radius 1 is 1.31 bits per heavy atom. The first-order chi connectivity index (χ1) is 7.69.